The van der Waals surface area contributed by atoms with Gasteiger partial charge in [-0.3, -0.25) is 9.59 Å². The molecule has 1 aromatic rings. The van der Waals surface area contributed by atoms with Gasteiger partial charge in [-0.2, -0.15) is 0 Å². The van der Waals surface area contributed by atoms with Crippen molar-refractivity contribution in [3.63, 3.8) is 0 Å². The van der Waals surface area contributed by atoms with Crippen LogP contribution in [0.3, 0.4) is 0 Å². The zero-order chi connectivity index (χ0) is 13.4. The highest BCUT2D eigenvalue weighted by molar-refractivity contribution is 5.90. The van der Waals surface area contributed by atoms with E-state index in [4.69, 9.17) is 5.73 Å². The number of carbonyl (C=O) groups excluding carboxylic acids is 1. The Hall–Kier alpha value is -1.33. The number of aromatic nitrogens is 1. The largest absolute Gasteiger partial charge is 0.330 e. The van der Waals surface area contributed by atoms with Crippen LogP contribution in [0.25, 0.3) is 0 Å². The third-order valence-electron chi connectivity index (χ3n) is 2.73. The molecule has 0 spiro atoms. The third kappa shape index (κ3) is 6.98. The number of rotatable bonds is 7. The quantitative estimate of drug-likeness (QED) is 0.749. The molecule has 0 saturated carbocycles. The molecule has 1 aromatic heterocycles. The molecular formula is C13H22ClN3O2. The lowest BCUT2D eigenvalue weighted by molar-refractivity contribution is -0.116. The van der Waals surface area contributed by atoms with Gasteiger partial charge in [0.15, 0.2) is 0 Å². The summed E-state index contributed by atoms with van der Waals surface area (Å²) in [4.78, 5) is 22.8. The maximum Gasteiger partial charge on any atom is 0.250 e. The first kappa shape index (κ1) is 17.7. The number of aryl methyl sites for hydroxylation is 1. The summed E-state index contributed by atoms with van der Waals surface area (Å²) in [5.74, 6) is -0.0126. The Bertz CT molecular complexity index is 446. The molecule has 0 aliphatic heterocycles. The molecule has 0 atom stereocenters. The second kappa shape index (κ2) is 9.58. The van der Waals surface area contributed by atoms with E-state index in [2.05, 4.69) is 5.32 Å². The topological polar surface area (TPSA) is 77.1 Å². The Morgan fingerprint density at radius 1 is 1.26 bits per heavy atom. The van der Waals surface area contributed by atoms with Crippen molar-refractivity contribution in [2.45, 2.75) is 32.1 Å². The smallest absolute Gasteiger partial charge is 0.250 e. The number of pyridine rings is 1. The Morgan fingerprint density at radius 3 is 2.58 bits per heavy atom. The van der Waals surface area contributed by atoms with Gasteiger partial charge in [-0.25, -0.2) is 0 Å². The van der Waals surface area contributed by atoms with Gasteiger partial charge >= 0.3 is 0 Å². The summed E-state index contributed by atoms with van der Waals surface area (Å²) in [7, 11) is 1.66. The summed E-state index contributed by atoms with van der Waals surface area (Å²) in [5.41, 5.74) is 5.96. The molecule has 0 aliphatic rings. The Kier molecular flexibility index (Phi) is 8.91. The number of unbranched alkanes of at least 4 members (excludes halogenated alkanes) is 3. The van der Waals surface area contributed by atoms with E-state index >= 15 is 0 Å². The number of anilines is 1. The molecule has 0 bridgehead atoms. The summed E-state index contributed by atoms with van der Waals surface area (Å²) in [6.07, 6.45) is 6.11. The van der Waals surface area contributed by atoms with Crippen molar-refractivity contribution in [1.82, 2.24) is 4.57 Å². The highest BCUT2D eigenvalue weighted by Crippen LogP contribution is 2.06. The fourth-order valence-corrected chi connectivity index (χ4v) is 1.67. The maximum absolute atomic E-state index is 11.6. The van der Waals surface area contributed by atoms with Crippen molar-refractivity contribution < 1.29 is 4.79 Å². The van der Waals surface area contributed by atoms with Crippen molar-refractivity contribution in [3.05, 3.63) is 28.7 Å². The van der Waals surface area contributed by atoms with E-state index in [1.54, 1.807) is 19.3 Å². The molecule has 0 radical (unpaired) electrons. The highest BCUT2D eigenvalue weighted by Gasteiger charge is 2.02. The van der Waals surface area contributed by atoms with E-state index in [0.29, 0.717) is 18.7 Å². The lowest BCUT2D eigenvalue weighted by Crippen LogP contribution is -2.17. The fourth-order valence-electron chi connectivity index (χ4n) is 1.67. The monoisotopic (exact) mass is 287 g/mol. The summed E-state index contributed by atoms with van der Waals surface area (Å²) in [6, 6.07) is 3.06. The van der Waals surface area contributed by atoms with Gasteiger partial charge in [-0.15, -0.1) is 12.4 Å². The Morgan fingerprint density at radius 2 is 1.95 bits per heavy atom. The van der Waals surface area contributed by atoms with Crippen molar-refractivity contribution in [3.8, 4) is 0 Å². The molecule has 1 rings (SSSR count). The average molecular weight is 288 g/mol. The van der Waals surface area contributed by atoms with Crippen LogP contribution in [0.5, 0.6) is 0 Å². The number of carbonyl (C=O) groups is 1. The lowest BCUT2D eigenvalue weighted by Gasteiger charge is -2.06. The zero-order valence-corrected chi connectivity index (χ0v) is 12.0. The molecule has 0 aliphatic carbocycles. The van der Waals surface area contributed by atoms with Crippen molar-refractivity contribution in [1.29, 1.82) is 0 Å². The van der Waals surface area contributed by atoms with Gasteiger partial charge in [0.2, 0.25) is 11.5 Å². The molecule has 0 unspecified atom stereocenters. The molecule has 5 nitrogen and oxygen atoms in total. The van der Waals surface area contributed by atoms with Gasteiger partial charge in [0.1, 0.15) is 0 Å². The molecule has 108 valence electrons. The second-order valence-corrected chi connectivity index (χ2v) is 4.37. The molecule has 1 amide bonds. The van der Waals surface area contributed by atoms with Gasteiger partial charge in [-0.05, 0) is 25.5 Å². The van der Waals surface area contributed by atoms with Crippen molar-refractivity contribution in [2.24, 2.45) is 12.8 Å². The van der Waals surface area contributed by atoms with Gasteiger partial charge in [0.05, 0.1) is 5.69 Å². The molecule has 0 fully saturated rings. The van der Waals surface area contributed by atoms with Crippen LogP contribution in [0.4, 0.5) is 5.69 Å². The number of nitrogens with two attached hydrogens (primary N) is 1. The normalized spacial score (nSPS) is 9.79. The molecule has 1 heterocycles. The van der Waals surface area contributed by atoms with Crippen LogP contribution in [-0.2, 0) is 11.8 Å². The zero-order valence-electron chi connectivity index (χ0n) is 11.2. The molecule has 6 heteroatoms. The maximum atomic E-state index is 11.6. The van der Waals surface area contributed by atoms with E-state index in [1.165, 1.54) is 10.6 Å². The SMILES string of the molecule is Cl.Cn1cc(NC(=O)CCCCCCN)ccc1=O. The second-order valence-electron chi connectivity index (χ2n) is 4.37. The fraction of sp³-hybridized carbons (Fsp3) is 0.538. The number of hydrogen-bond acceptors (Lipinski definition) is 3. The van der Waals surface area contributed by atoms with Crippen molar-refractivity contribution in [2.75, 3.05) is 11.9 Å². The molecule has 0 aromatic carbocycles. The van der Waals surface area contributed by atoms with Crippen molar-refractivity contribution >= 4 is 24.0 Å². The van der Waals surface area contributed by atoms with Crippen LogP contribution in [-0.4, -0.2) is 17.0 Å². The van der Waals surface area contributed by atoms with Crippen LogP contribution in [0.1, 0.15) is 32.1 Å². The predicted octanol–water partition coefficient (Wildman–Crippen LogP) is 1.65. The number of nitrogens with zero attached hydrogens (tertiary/aromatic N) is 1. The van der Waals surface area contributed by atoms with Crippen LogP contribution in [0.15, 0.2) is 23.1 Å². The van der Waals surface area contributed by atoms with Crippen LogP contribution >= 0.6 is 12.4 Å². The first-order valence-electron chi connectivity index (χ1n) is 6.30. The average Bonchev–Trinajstić information content (AvgIpc) is 2.34. The number of hydrogen-bond donors (Lipinski definition) is 2. The van der Waals surface area contributed by atoms with Crippen LogP contribution in [0.2, 0.25) is 0 Å². The minimum Gasteiger partial charge on any atom is -0.330 e. The summed E-state index contributed by atoms with van der Waals surface area (Å²) in [5, 5.41) is 2.78. The first-order chi connectivity index (χ1) is 8.63. The molecule has 19 heavy (non-hydrogen) atoms. The minimum absolute atomic E-state index is 0. The number of amides is 1. The molecule has 0 saturated heterocycles. The standard InChI is InChI=1S/C13H21N3O2.ClH/c1-16-10-11(7-8-13(16)18)15-12(17)6-4-2-3-5-9-14;/h7-8,10H,2-6,9,14H2,1H3,(H,15,17);1H. The van der Waals surface area contributed by atoms with Crippen LogP contribution in [0, 0.1) is 0 Å². The van der Waals surface area contributed by atoms with Gasteiger partial charge in [0, 0.05) is 25.7 Å². The van der Waals surface area contributed by atoms with Gasteiger partial charge in [-0.1, -0.05) is 12.8 Å². The Labute approximate surface area is 119 Å². The van der Waals surface area contributed by atoms with Gasteiger partial charge in [0.25, 0.3) is 0 Å². The summed E-state index contributed by atoms with van der Waals surface area (Å²) < 4.78 is 1.44. The van der Waals surface area contributed by atoms with E-state index in [-0.39, 0.29) is 23.9 Å². The molecular weight excluding hydrogens is 266 g/mol. The van der Waals surface area contributed by atoms with Crippen LogP contribution < -0.4 is 16.6 Å². The van der Waals surface area contributed by atoms with E-state index < -0.39 is 0 Å². The number of nitrogens with one attached hydrogen (secondary N) is 1. The predicted molar refractivity (Wildman–Crippen MR) is 79.7 cm³/mol. The van der Waals surface area contributed by atoms with E-state index in [0.717, 1.165) is 25.7 Å². The highest BCUT2D eigenvalue weighted by atomic mass is 35.5. The van der Waals surface area contributed by atoms with E-state index in [9.17, 15) is 9.59 Å². The summed E-state index contributed by atoms with van der Waals surface area (Å²) in [6.45, 7) is 0.713. The lowest BCUT2D eigenvalue weighted by atomic mass is 10.1. The van der Waals surface area contributed by atoms with E-state index in [1.807, 2.05) is 0 Å². The Balaban J connectivity index is 0.00000324. The molecule has 3 N–H and O–H groups in total. The minimum atomic E-state index is -0.0882. The third-order valence-corrected chi connectivity index (χ3v) is 2.73. The number of halogens is 1. The first-order valence-corrected chi connectivity index (χ1v) is 6.30. The van der Waals surface area contributed by atoms with Gasteiger partial charge < -0.3 is 15.6 Å². The summed E-state index contributed by atoms with van der Waals surface area (Å²) >= 11 is 0.